The molecular weight excluding hydrogens is 236 g/mol. The van der Waals surface area contributed by atoms with Crippen LogP contribution in [-0.2, 0) is 16.4 Å². The van der Waals surface area contributed by atoms with Crippen LogP contribution in [0.1, 0.15) is 19.4 Å². The predicted molar refractivity (Wildman–Crippen MR) is 68.7 cm³/mol. The maximum absolute atomic E-state index is 12.0. The van der Waals surface area contributed by atoms with E-state index in [0.29, 0.717) is 17.4 Å². The van der Waals surface area contributed by atoms with Gasteiger partial charge in [0.05, 0.1) is 5.69 Å². The molecule has 1 aromatic carbocycles. The molecule has 0 aliphatic carbocycles. The average Bonchev–Trinajstić information content (AvgIpc) is 2.27. The molecule has 17 heavy (non-hydrogen) atoms. The van der Waals surface area contributed by atoms with Crippen molar-refractivity contribution in [2.75, 3.05) is 18.4 Å². The maximum atomic E-state index is 12.0. The number of para-hydroxylation sites is 1. The number of benzene rings is 1. The molecule has 0 aromatic heterocycles. The number of anilines is 1. The summed E-state index contributed by atoms with van der Waals surface area (Å²) in [5.41, 5.74) is 1.86. The first kappa shape index (κ1) is 12.4. The van der Waals surface area contributed by atoms with Crippen LogP contribution in [0.5, 0.6) is 0 Å². The van der Waals surface area contributed by atoms with Crippen molar-refractivity contribution in [3.8, 4) is 0 Å². The monoisotopic (exact) mass is 254 g/mol. The van der Waals surface area contributed by atoms with Crippen molar-refractivity contribution in [1.82, 2.24) is 4.72 Å². The van der Waals surface area contributed by atoms with E-state index in [-0.39, 0.29) is 0 Å². The second kappa shape index (κ2) is 4.66. The summed E-state index contributed by atoms with van der Waals surface area (Å²) in [5, 5.41) is 3.23. The smallest absolute Gasteiger partial charge is 0.242 e. The first-order valence-corrected chi connectivity index (χ1v) is 7.38. The van der Waals surface area contributed by atoms with Crippen molar-refractivity contribution in [3.05, 3.63) is 23.8 Å². The van der Waals surface area contributed by atoms with Crippen LogP contribution in [-0.4, -0.2) is 21.5 Å². The van der Waals surface area contributed by atoms with Crippen molar-refractivity contribution in [3.63, 3.8) is 0 Å². The third kappa shape index (κ3) is 2.45. The molecular formula is C12H18N2O2S. The van der Waals surface area contributed by atoms with E-state index < -0.39 is 10.0 Å². The molecule has 5 heteroatoms. The third-order valence-corrected chi connectivity index (χ3v) is 4.52. The SMILES string of the molecule is CCNS(=O)(=O)c1cccc2c1NCC(C)C2. The fourth-order valence-corrected chi connectivity index (χ4v) is 3.43. The van der Waals surface area contributed by atoms with Gasteiger partial charge in [-0.15, -0.1) is 0 Å². The Hall–Kier alpha value is -1.07. The van der Waals surface area contributed by atoms with Gasteiger partial charge in [-0.2, -0.15) is 0 Å². The number of hydrogen-bond acceptors (Lipinski definition) is 3. The highest BCUT2D eigenvalue weighted by Crippen LogP contribution is 2.30. The lowest BCUT2D eigenvalue weighted by atomic mass is 9.96. The van der Waals surface area contributed by atoms with Crippen molar-refractivity contribution in [1.29, 1.82) is 0 Å². The summed E-state index contributed by atoms with van der Waals surface area (Å²) < 4.78 is 26.6. The highest BCUT2D eigenvalue weighted by atomic mass is 32.2. The van der Waals surface area contributed by atoms with Crippen LogP contribution in [0.25, 0.3) is 0 Å². The van der Waals surface area contributed by atoms with Gasteiger partial charge in [-0.1, -0.05) is 26.0 Å². The van der Waals surface area contributed by atoms with Crippen LogP contribution in [0.15, 0.2) is 23.1 Å². The lowest BCUT2D eigenvalue weighted by Crippen LogP contribution is -2.27. The minimum Gasteiger partial charge on any atom is -0.383 e. The zero-order chi connectivity index (χ0) is 12.5. The summed E-state index contributed by atoms with van der Waals surface area (Å²) in [7, 11) is -3.38. The van der Waals surface area contributed by atoms with Crippen molar-refractivity contribution < 1.29 is 8.42 Å². The topological polar surface area (TPSA) is 58.2 Å². The first-order chi connectivity index (χ1) is 8.04. The zero-order valence-corrected chi connectivity index (χ0v) is 11.0. The molecule has 94 valence electrons. The Balaban J connectivity index is 2.47. The second-order valence-electron chi connectivity index (χ2n) is 4.48. The van der Waals surface area contributed by atoms with Gasteiger partial charge in [0.1, 0.15) is 4.90 Å². The summed E-state index contributed by atoms with van der Waals surface area (Å²) in [4.78, 5) is 0.365. The van der Waals surface area contributed by atoms with Gasteiger partial charge in [0.25, 0.3) is 0 Å². The average molecular weight is 254 g/mol. The number of rotatable bonds is 3. The Morgan fingerprint density at radius 2 is 2.24 bits per heavy atom. The Morgan fingerprint density at radius 1 is 1.47 bits per heavy atom. The zero-order valence-electron chi connectivity index (χ0n) is 10.2. The van der Waals surface area contributed by atoms with Crippen molar-refractivity contribution >= 4 is 15.7 Å². The molecule has 0 spiro atoms. The van der Waals surface area contributed by atoms with Crippen molar-refractivity contribution in [2.45, 2.75) is 25.2 Å². The lowest BCUT2D eigenvalue weighted by Gasteiger charge is -2.25. The van der Waals surface area contributed by atoms with E-state index in [1.165, 1.54) is 0 Å². The third-order valence-electron chi connectivity index (χ3n) is 2.93. The van der Waals surface area contributed by atoms with Crippen LogP contribution >= 0.6 is 0 Å². The van der Waals surface area contributed by atoms with E-state index in [9.17, 15) is 8.42 Å². The Labute approximate surface area is 102 Å². The molecule has 2 N–H and O–H groups in total. The van der Waals surface area contributed by atoms with Gasteiger partial charge in [0, 0.05) is 13.1 Å². The number of sulfonamides is 1. The lowest BCUT2D eigenvalue weighted by molar-refractivity contribution is 0.577. The van der Waals surface area contributed by atoms with Crippen LogP contribution in [0.4, 0.5) is 5.69 Å². The molecule has 0 bridgehead atoms. The van der Waals surface area contributed by atoms with Crippen LogP contribution in [0.3, 0.4) is 0 Å². The Morgan fingerprint density at radius 3 is 2.94 bits per heavy atom. The molecule has 0 radical (unpaired) electrons. The Kier molecular flexibility index (Phi) is 3.40. The fourth-order valence-electron chi connectivity index (χ4n) is 2.16. The maximum Gasteiger partial charge on any atom is 0.242 e. The van der Waals surface area contributed by atoms with E-state index in [1.807, 2.05) is 12.1 Å². The van der Waals surface area contributed by atoms with Gasteiger partial charge < -0.3 is 5.32 Å². The molecule has 1 heterocycles. The molecule has 1 aromatic rings. The summed E-state index contributed by atoms with van der Waals surface area (Å²) in [6, 6.07) is 5.45. The summed E-state index contributed by atoms with van der Waals surface area (Å²) in [6.45, 7) is 5.16. The molecule has 2 rings (SSSR count). The fraction of sp³-hybridized carbons (Fsp3) is 0.500. The molecule has 4 nitrogen and oxygen atoms in total. The normalized spacial score (nSPS) is 19.5. The summed E-state index contributed by atoms with van der Waals surface area (Å²) in [6.07, 6.45) is 0.928. The van der Waals surface area contributed by atoms with Gasteiger partial charge in [0.15, 0.2) is 0 Å². The minimum atomic E-state index is -3.38. The molecule has 0 saturated heterocycles. The van der Waals surface area contributed by atoms with Crippen LogP contribution in [0, 0.1) is 5.92 Å². The van der Waals surface area contributed by atoms with Gasteiger partial charge in [0.2, 0.25) is 10.0 Å². The van der Waals surface area contributed by atoms with E-state index in [1.54, 1.807) is 13.0 Å². The molecule has 0 saturated carbocycles. The highest BCUT2D eigenvalue weighted by molar-refractivity contribution is 7.89. The van der Waals surface area contributed by atoms with E-state index in [4.69, 9.17) is 0 Å². The van der Waals surface area contributed by atoms with E-state index in [0.717, 1.165) is 24.2 Å². The number of fused-ring (bicyclic) bond motifs is 1. The number of nitrogens with one attached hydrogen (secondary N) is 2. The van der Waals surface area contributed by atoms with Crippen LogP contribution in [0.2, 0.25) is 0 Å². The predicted octanol–water partition coefficient (Wildman–Crippen LogP) is 1.59. The molecule has 0 amide bonds. The molecule has 1 atom stereocenters. The quantitative estimate of drug-likeness (QED) is 0.861. The number of hydrogen-bond donors (Lipinski definition) is 2. The van der Waals surface area contributed by atoms with Crippen molar-refractivity contribution in [2.24, 2.45) is 5.92 Å². The van der Waals surface area contributed by atoms with E-state index in [2.05, 4.69) is 17.0 Å². The largest absolute Gasteiger partial charge is 0.383 e. The van der Waals surface area contributed by atoms with E-state index >= 15 is 0 Å². The molecule has 1 unspecified atom stereocenters. The highest BCUT2D eigenvalue weighted by Gasteiger charge is 2.23. The second-order valence-corrected chi connectivity index (χ2v) is 6.22. The minimum absolute atomic E-state index is 0.365. The molecule has 0 fully saturated rings. The molecule has 1 aliphatic heterocycles. The standard InChI is InChI=1S/C12H18N2O2S/c1-3-14-17(15,16)11-6-4-5-10-7-9(2)8-13-12(10)11/h4-6,9,13-14H,3,7-8H2,1-2H3. The van der Waals surface area contributed by atoms with Gasteiger partial charge in [-0.05, 0) is 24.0 Å². The van der Waals surface area contributed by atoms with Gasteiger partial charge in [-0.25, -0.2) is 13.1 Å². The van der Waals surface area contributed by atoms with Crippen LogP contribution < -0.4 is 10.0 Å². The summed E-state index contributed by atoms with van der Waals surface area (Å²) in [5.74, 6) is 0.541. The van der Waals surface area contributed by atoms with Gasteiger partial charge in [-0.3, -0.25) is 0 Å². The first-order valence-electron chi connectivity index (χ1n) is 5.90. The Bertz CT molecular complexity index is 511. The molecule has 1 aliphatic rings. The van der Waals surface area contributed by atoms with Gasteiger partial charge >= 0.3 is 0 Å². The summed E-state index contributed by atoms with van der Waals surface area (Å²) >= 11 is 0.